The van der Waals surface area contributed by atoms with E-state index in [0.29, 0.717) is 5.82 Å². The van der Waals surface area contributed by atoms with Gasteiger partial charge in [-0.3, -0.25) is 0 Å². The topological polar surface area (TPSA) is 77.6 Å². The van der Waals surface area contributed by atoms with Crippen molar-refractivity contribution < 1.29 is 0 Å². The van der Waals surface area contributed by atoms with Crippen LogP contribution in [0.5, 0.6) is 0 Å². The van der Waals surface area contributed by atoms with Crippen LogP contribution in [0.2, 0.25) is 0 Å². The smallest absolute Gasteiger partial charge is 0.146 e. The van der Waals surface area contributed by atoms with Gasteiger partial charge in [0.2, 0.25) is 0 Å². The molecule has 3 rings (SSSR count). The predicted molar refractivity (Wildman–Crippen MR) is 70.1 cm³/mol. The Morgan fingerprint density at radius 1 is 0.944 bits per heavy atom. The van der Waals surface area contributed by atoms with E-state index in [-0.39, 0.29) is 0 Å². The first kappa shape index (κ1) is 10.9. The highest BCUT2D eigenvalue weighted by molar-refractivity contribution is 7.99. The standard InChI is InChI=1S/C12H9N5S/c13-10-5-6-11(17-16-10)18-12-8-3-1-2-4-9(8)14-7-15-12/h1-7H,(H2,13,16). The van der Waals surface area contributed by atoms with Crippen molar-refractivity contribution in [3.8, 4) is 0 Å². The molecule has 0 unspecified atom stereocenters. The van der Waals surface area contributed by atoms with Gasteiger partial charge < -0.3 is 5.73 Å². The predicted octanol–water partition coefficient (Wildman–Crippen LogP) is 2.15. The van der Waals surface area contributed by atoms with Crippen LogP contribution in [-0.2, 0) is 0 Å². The second-order valence-corrected chi connectivity index (χ2v) is 4.60. The SMILES string of the molecule is Nc1ccc(Sc2ncnc3ccccc23)nn1. The first-order valence-electron chi connectivity index (χ1n) is 5.30. The Morgan fingerprint density at radius 3 is 2.67 bits per heavy atom. The van der Waals surface area contributed by atoms with Crippen molar-refractivity contribution in [3.63, 3.8) is 0 Å². The van der Waals surface area contributed by atoms with E-state index in [4.69, 9.17) is 5.73 Å². The number of aromatic nitrogens is 4. The number of nitrogens with two attached hydrogens (primary N) is 1. The first-order valence-corrected chi connectivity index (χ1v) is 6.11. The maximum absolute atomic E-state index is 5.50. The molecule has 0 saturated carbocycles. The Morgan fingerprint density at radius 2 is 1.83 bits per heavy atom. The van der Waals surface area contributed by atoms with E-state index in [0.717, 1.165) is 21.0 Å². The Labute approximate surface area is 107 Å². The summed E-state index contributed by atoms with van der Waals surface area (Å²) in [5.74, 6) is 0.409. The molecule has 1 aromatic carbocycles. The number of para-hydroxylation sites is 1. The van der Waals surface area contributed by atoms with Crippen LogP contribution in [0, 0.1) is 0 Å². The van der Waals surface area contributed by atoms with Crippen LogP contribution >= 0.6 is 11.8 Å². The minimum Gasteiger partial charge on any atom is -0.382 e. The van der Waals surface area contributed by atoms with E-state index in [9.17, 15) is 0 Å². The molecule has 18 heavy (non-hydrogen) atoms. The molecule has 2 heterocycles. The zero-order chi connectivity index (χ0) is 12.4. The van der Waals surface area contributed by atoms with E-state index in [1.54, 1.807) is 12.4 Å². The normalized spacial score (nSPS) is 10.7. The third-order valence-corrected chi connectivity index (χ3v) is 3.31. The van der Waals surface area contributed by atoms with Crippen molar-refractivity contribution >= 4 is 28.5 Å². The van der Waals surface area contributed by atoms with Gasteiger partial charge >= 0.3 is 0 Å². The summed E-state index contributed by atoms with van der Waals surface area (Å²) in [6.45, 7) is 0. The Balaban J connectivity index is 2.02. The summed E-state index contributed by atoms with van der Waals surface area (Å²) < 4.78 is 0. The fourth-order valence-corrected chi connectivity index (χ4v) is 2.34. The average Bonchev–Trinajstić information content (AvgIpc) is 2.42. The highest BCUT2D eigenvalue weighted by Gasteiger charge is 2.06. The molecule has 0 amide bonds. The highest BCUT2D eigenvalue weighted by Crippen LogP contribution is 2.29. The molecule has 0 aliphatic carbocycles. The summed E-state index contributed by atoms with van der Waals surface area (Å²) in [6, 6.07) is 11.4. The van der Waals surface area contributed by atoms with Crippen LogP contribution in [0.3, 0.4) is 0 Å². The molecule has 0 saturated heterocycles. The molecule has 0 radical (unpaired) electrons. The molecule has 6 heteroatoms. The summed E-state index contributed by atoms with van der Waals surface area (Å²) >= 11 is 1.45. The van der Waals surface area contributed by atoms with Crippen molar-refractivity contribution in [2.24, 2.45) is 0 Å². The van der Waals surface area contributed by atoms with Gasteiger partial charge in [-0.05, 0) is 30.0 Å². The van der Waals surface area contributed by atoms with Crippen LogP contribution < -0.4 is 5.73 Å². The van der Waals surface area contributed by atoms with Crippen LogP contribution in [-0.4, -0.2) is 20.2 Å². The van der Waals surface area contributed by atoms with E-state index in [1.165, 1.54) is 11.8 Å². The lowest BCUT2D eigenvalue weighted by molar-refractivity contribution is 0.936. The number of nitrogens with zero attached hydrogens (tertiary/aromatic N) is 4. The van der Waals surface area contributed by atoms with Crippen molar-refractivity contribution in [3.05, 3.63) is 42.7 Å². The van der Waals surface area contributed by atoms with Gasteiger partial charge in [0.15, 0.2) is 0 Å². The number of fused-ring (bicyclic) bond motifs is 1. The molecule has 5 nitrogen and oxygen atoms in total. The van der Waals surface area contributed by atoms with Crippen LogP contribution in [0.15, 0.2) is 52.8 Å². The van der Waals surface area contributed by atoms with Crippen molar-refractivity contribution in [2.45, 2.75) is 10.1 Å². The van der Waals surface area contributed by atoms with Gasteiger partial charge in [-0.2, -0.15) is 0 Å². The van der Waals surface area contributed by atoms with Crippen LogP contribution in [0.25, 0.3) is 10.9 Å². The van der Waals surface area contributed by atoms with Gasteiger partial charge in [0.25, 0.3) is 0 Å². The molecule has 0 aliphatic heterocycles. The monoisotopic (exact) mass is 255 g/mol. The lowest BCUT2D eigenvalue weighted by Gasteiger charge is -2.03. The molecule has 0 bridgehead atoms. The molecule has 88 valence electrons. The third-order valence-electron chi connectivity index (χ3n) is 2.37. The molecular weight excluding hydrogens is 246 g/mol. The van der Waals surface area contributed by atoms with Crippen LogP contribution in [0.4, 0.5) is 5.82 Å². The average molecular weight is 255 g/mol. The van der Waals surface area contributed by atoms with E-state index in [2.05, 4.69) is 20.2 Å². The largest absolute Gasteiger partial charge is 0.382 e. The van der Waals surface area contributed by atoms with E-state index in [1.807, 2.05) is 30.3 Å². The summed E-state index contributed by atoms with van der Waals surface area (Å²) in [6.07, 6.45) is 1.55. The zero-order valence-corrected chi connectivity index (χ0v) is 10.1. The van der Waals surface area contributed by atoms with Gasteiger partial charge in [0.1, 0.15) is 22.2 Å². The van der Waals surface area contributed by atoms with Gasteiger partial charge in [-0.1, -0.05) is 18.2 Å². The number of nitrogen functional groups attached to an aromatic ring is 1. The summed E-state index contributed by atoms with van der Waals surface area (Å²) in [7, 11) is 0. The zero-order valence-electron chi connectivity index (χ0n) is 9.32. The number of rotatable bonds is 2. The maximum Gasteiger partial charge on any atom is 0.146 e. The lowest BCUT2D eigenvalue weighted by atomic mass is 10.2. The Hall–Kier alpha value is -2.21. The van der Waals surface area contributed by atoms with Crippen molar-refractivity contribution in [1.29, 1.82) is 0 Å². The van der Waals surface area contributed by atoms with Crippen molar-refractivity contribution in [2.75, 3.05) is 5.73 Å². The Kier molecular flexibility index (Phi) is 2.77. The number of anilines is 1. The highest BCUT2D eigenvalue weighted by atomic mass is 32.2. The van der Waals surface area contributed by atoms with E-state index >= 15 is 0 Å². The van der Waals surface area contributed by atoms with Crippen LogP contribution in [0.1, 0.15) is 0 Å². The second kappa shape index (κ2) is 4.58. The summed E-state index contributed by atoms with van der Waals surface area (Å²) in [5.41, 5.74) is 6.42. The minimum absolute atomic E-state index is 0.409. The Bertz CT molecular complexity index is 678. The fourth-order valence-electron chi connectivity index (χ4n) is 1.55. The maximum atomic E-state index is 5.50. The van der Waals surface area contributed by atoms with Gasteiger partial charge in [0, 0.05) is 5.39 Å². The number of benzene rings is 1. The number of hydrogen-bond acceptors (Lipinski definition) is 6. The first-order chi connectivity index (χ1) is 8.83. The van der Waals surface area contributed by atoms with Crippen molar-refractivity contribution in [1.82, 2.24) is 20.2 Å². The third kappa shape index (κ3) is 2.10. The second-order valence-electron chi connectivity index (χ2n) is 3.59. The fraction of sp³-hybridized carbons (Fsp3) is 0. The summed E-state index contributed by atoms with van der Waals surface area (Å²) in [4.78, 5) is 8.49. The molecule has 0 atom stereocenters. The minimum atomic E-state index is 0.409. The van der Waals surface area contributed by atoms with Gasteiger partial charge in [-0.25, -0.2) is 9.97 Å². The van der Waals surface area contributed by atoms with Gasteiger partial charge in [-0.15, -0.1) is 10.2 Å². The molecule has 3 aromatic rings. The molecule has 2 N–H and O–H groups in total. The number of hydrogen-bond donors (Lipinski definition) is 1. The molecule has 0 aliphatic rings. The molecule has 2 aromatic heterocycles. The summed E-state index contributed by atoms with van der Waals surface area (Å²) in [5, 5.41) is 10.4. The molecule has 0 spiro atoms. The lowest BCUT2D eigenvalue weighted by Crippen LogP contribution is -1.93. The van der Waals surface area contributed by atoms with E-state index < -0.39 is 0 Å². The van der Waals surface area contributed by atoms with Gasteiger partial charge in [0.05, 0.1) is 5.52 Å². The quantitative estimate of drug-likeness (QED) is 0.707. The molecular formula is C12H9N5S. The molecule has 0 fully saturated rings.